The molecular weight excluding hydrogens is 358 g/mol. The molecule has 4 rings (SSSR count). The first-order valence-electron chi connectivity index (χ1n) is 8.74. The molecule has 136 valence electrons. The molecule has 4 aromatic rings. The summed E-state index contributed by atoms with van der Waals surface area (Å²) in [7, 11) is 0. The zero-order valence-electron chi connectivity index (χ0n) is 15.0. The molecule has 1 amide bonds. The molecule has 0 spiro atoms. The van der Waals surface area contributed by atoms with Crippen LogP contribution in [-0.2, 0) is 4.79 Å². The standard InChI is InChI=1S/C20H19N5OS/c1-13(16-10-5-8-15-7-3-4-9-17(15)16)22-18(26)14(2)27-20-23-19-21-11-6-12-25(19)24-20/h3-14H,1-2H3,(H,22,26)/t13-,14+/m0/s1. The second-order valence-electron chi connectivity index (χ2n) is 6.32. The third-order valence-electron chi connectivity index (χ3n) is 4.40. The quantitative estimate of drug-likeness (QED) is 0.538. The van der Waals surface area contributed by atoms with Gasteiger partial charge in [-0.25, -0.2) is 9.50 Å². The Bertz CT molecular complexity index is 1070. The van der Waals surface area contributed by atoms with E-state index in [-0.39, 0.29) is 17.2 Å². The summed E-state index contributed by atoms with van der Waals surface area (Å²) in [6, 6.07) is 16.0. The van der Waals surface area contributed by atoms with Gasteiger partial charge in [0.25, 0.3) is 5.78 Å². The molecular formula is C20H19N5OS. The predicted octanol–water partition coefficient (Wildman–Crippen LogP) is 3.64. The summed E-state index contributed by atoms with van der Waals surface area (Å²) in [5.74, 6) is 0.476. The largest absolute Gasteiger partial charge is 0.349 e. The maximum atomic E-state index is 12.7. The van der Waals surface area contributed by atoms with Crippen LogP contribution in [0.1, 0.15) is 25.5 Å². The van der Waals surface area contributed by atoms with Gasteiger partial charge < -0.3 is 5.32 Å². The Morgan fingerprint density at radius 2 is 1.93 bits per heavy atom. The van der Waals surface area contributed by atoms with E-state index in [4.69, 9.17) is 0 Å². The first kappa shape index (κ1) is 17.5. The van der Waals surface area contributed by atoms with E-state index in [1.54, 1.807) is 23.0 Å². The van der Waals surface area contributed by atoms with Gasteiger partial charge >= 0.3 is 0 Å². The molecule has 0 saturated carbocycles. The first-order chi connectivity index (χ1) is 13.1. The fraction of sp³-hybridized carbons (Fsp3) is 0.200. The summed E-state index contributed by atoms with van der Waals surface area (Å²) in [6.45, 7) is 3.86. The molecule has 2 atom stereocenters. The molecule has 6 nitrogen and oxygen atoms in total. The van der Waals surface area contributed by atoms with Gasteiger partial charge in [0.2, 0.25) is 11.1 Å². The van der Waals surface area contributed by atoms with Crippen LogP contribution in [0.2, 0.25) is 0 Å². The number of hydrogen-bond donors (Lipinski definition) is 1. The normalized spacial score (nSPS) is 13.6. The molecule has 27 heavy (non-hydrogen) atoms. The second-order valence-corrected chi connectivity index (χ2v) is 7.63. The third-order valence-corrected chi connectivity index (χ3v) is 5.35. The Kier molecular flexibility index (Phi) is 4.77. The zero-order valence-corrected chi connectivity index (χ0v) is 15.9. The lowest BCUT2D eigenvalue weighted by atomic mass is 9.99. The summed E-state index contributed by atoms with van der Waals surface area (Å²) < 4.78 is 1.60. The Labute approximate surface area is 161 Å². The lowest BCUT2D eigenvalue weighted by molar-refractivity contribution is -0.120. The molecule has 1 N–H and O–H groups in total. The zero-order chi connectivity index (χ0) is 18.8. The number of rotatable bonds is 5. The average Bonchev–Trinajstić information content (AvgIpc) is 3.09. The molecule has 0 unspecified atom stereocenters. The van der Waals surface area contributed by atoms with E-state index in [9.17, 15) is 4.79 Å². The van der Waals surface area contributed by atoms with E-state index in [0.29, 0.717) is 10.9 Å². The first-order valence-corrected chi connectivity index (χ1v) is 9.62. The fourth-order valence-electron chi connectivity index (χ4n) is 3.01. The molecule has 0 fully saturated rings. The maximum absolute atomic E-state index is 12.7. The van der Waals surface area contributed by atoms with Crippen molar-refractivity contribution < 1.29 is 4.79 Å². The predicted molar refractivity (Wildman–Crippen MR) is 107 cm³/mol. The Hall–Kier alpha value is -2.93. The van der Waals surface area contributed by atoms with Gasteiger partial charge in [0.05, 0.1) is 11.3 Å². The number of nitrogens with zero attached hydrogens (tertiary/aromatic N) is 4. The molecule has 0 aliphatic heterocycles. The number of thioether (sulfide) groups is 1. The molecule has 2 aromatic carbocycles. The summed E-state index contributed by atoms with van der Waals surface area (Å²) in [6.07, 6.45) is 3.45. The van der Waals surface area contributed by atoms with E-state index in [0.717, 1.165) is 10.9 Å². The van der Waals surface area contributed by atoms with Crippen molar-refractivity contribution in [3.63, 3.8) is 0 Å². The molecule has 2 heterocycles. The maximum Gasteiger partial charge on any atom is 0.253 e. The molecule has 0 saturated heterocycles. The number of carbonyl (C=O) groups is 1. The number of hydrogen-bond acceptors (Lipinski definition) is 5. The van der Waals surface area contributed by atoms with E-state index < -0.39 is 0 Å². The number of amides is 1. The minimum absolute atomic E-state index is 0.0488. The van der Waals surface area contributed by atoms with E-state index in [1.165, 1.54) is 17.1 Å². The van der Waals surface area contributed by atoms with Crippen molar-refractivity contribution >= 4 is 34.2 Å². The highest BCUT2D eigenvalue weighted by Crippen LogP contribution is 2.25. The second kappa shape index (κ2) is 7.36. The molecule has 0 radical (unpaired) electrons. The number of aromatic nitrogens is 4. The minimum Gasteiger partial charge on any atom is -0.349 e. The van der Waals surface area contributed by atoms with Crippen LogP contribution in [0.15, 0.2) is 66.1 Å². The highest BCUT2D eigenvalue weighted by molar-refractivity contribution is 8.00. The summed E-state index contributed by atoms with van der Waals surface area (Å²) in [4.78, 5) is 21.2. The highest BCUT2D eigenvalue weighted by Gasteiger charge is 2.20. The van der Waals surface area contributed by atoms with E-state index in [2.05, 4.69) is 44.6 Å². The van der Waals surface area contributed by atoms with Gasteiger partial charge in [-0.15, -0.1) is 5.10 Å². The Morgan fingerprint density at radius 1 is 1.11 bits per heavy atom. The van der Waals surface area contributed by atoms with Crippen LogP contribution in [0.25, 0.3) is 16.6 Å². The van der Waals surface area contributed by atoms with Crippen molar-refractivity contribution in [3.05, 3.63) is 66.5 Å². The van der Waals surface area contributed by atoms with Crippen molar-refractivity contribution in [2.75, 3.05) is 0 Å². The van der Waals surface area contributed by atoms with Crippen molar-refractivity contribution in [2.24, 2.45) is 0 Å². The molecule has 0 bridgehead atoms. The topological polar surface area (TPSA) is 72.2 Å². The van der Waals surface area contributed by atoms with Gasteiger partial charge in [0.1, 0.15) is 0 Å². The molecule has 2 aromatic heterocycles. The van der Waals surface area contributed by atoms with Gasteiger partial charge in [-0.2, -0.15) is 4.98 Å². The molecule has 7 heteroatoms. The van der Waals surface area contributed by atoms with Crippen LogP contribution in [-0.4, -0.2) is 30.7 Å². The van der Waals surface area contributed by atoms with Gasteiger partial charge in [-0.3, -0.25) is 4.79 Å². The minimum atomic E-state index is -0.320. The van der Waals surface area contributed by atoms with Crippen molar-refractivity contribution in [2.45, 2.75) is 30.3 Å². The van der Waals surface area contributed by atoms with Crippen LogP contribution in [0, 0.1) is 0 Å². The van der Waals surface area contributed by atoms with Gasteiger partial charge in [0, 0.05) is 12.4 Å². The smallest absolute Gasteiger partial charge is 0.253 e. The van der Waals surface area contributed by atoms with Crippen molar-refractivity contribution in [1.82, 2.24) is 24.9 Å². The van der Waals surface area contributed by atoms with Gasteiger partial charge in [0.15, 0.2) is 0 Å². The van der Waals surface area contributed by atoms with Crippen LogP contribution in [0.5, 0.6) is 0 Å². The average molecular weight is 377 g/mol. The molecule has 0 aliphatic rings. The van der Waals surface area contributed by atoms with Crippen molar-refractivity contribution in [1.29, 1.82) is 0 Å². The van der Waals surface area contributed by atoms with E-state index >= 15 is 0 Å². The lowest BCUT2D eigenvalue weighted by Crippen LogP contribution is -2.33. The Balaban J connectivity index is 1.47. The lowest BCUT2D eigenvalue weighted by Gasteiger charge is -2.18. The number of benzene rings is 2. The van der Waals surface area contributed by atoms with Crippen molar-refractivity contribution in [3.8, 4) is 0 Å². The highest BCUT2D eigenvalue weighted by atomic mass is 32.2. The van der Waals surface area contributed by atoms with Crippen LogP contribution < -0.4 is 5.32 Å². The number of fused-ring (bicyclic) bond motifs is 2. The van der Waals surface area contributed by atoms with Gasteiger partial charge in [-0.05, 0) is 36.2 Å². The van der Waals surface area contributed by atoms with Crippen LogP contribution in [0.3, 0.4) is 0 Å². The summed E-state index contributed by atoms with van der Waals surface area (Å²) >= 11 is 1.32. The molecule has 0 aliphatic carbocycles. The number of nitrogens with one attached hydrogen (secondary N) is 1. The fourth-order valence-corrected chi connectivity index (χ4v) is 3.77. The van der Waals surface area contributed by atoms with Crippen LogP contribution >= 0.6 is 11.8 Å². The SMILES string of the molecule is C[C@H](NC(=O)[C@@H](C)Sc1nc2ncccn2n1)c1cccc2ccccc12. The third kappa shape index (κ3) is 3.64. The van der Waals surface area contributed by atoms with Crippen LogP contribution in [0.4, 0.5) is 0 Å². The monoisotopic (exact) mass is 377 g/mol. The van der Waals surface area contributed by atoms with Gasteiger partial charge in [-0.1, -0.05) is 54.2 Å². The summed E-state index contributed by atoms with van der Waals surface area (Å²) in [5.41, 5.74) is 1.11. The summed E-state index contributed by atoms with van der Waals surface area (Å²) in [5, 5.41) is 9.98. The Morgan fingerprint density at radius 3 is 2.78 bits per heavy atom. The van der Waals surface area contributed by atoms with E-state index in [1.807, 2.05) is 32.0 Å². The number of carbonyl (C=O) groups excluding carboxylic acids is 1.